The van der Waals surface area contributed by atoms with Gasteiger partial charge in [0.25, 0.3) is 5.91 Å². The van der Waals surface area contributed by atoms with Crippen molar-refractivity contribution in [1.82, 2.24) is 20.1 Å². The Morgan fingerprint density at radius 1 is 1.15 bits per heavy atom. The van der Waals surface area contributed by atoms with Crippen LogP contribution in [0.3, 0.4) is 0 Å². The quantitative estimate of drug-likeness (QED) is 0.885. The Balaban J connectivity index is 1.43. The van der Waals surface area contributed by atoms with Crippen LogP contribution in [0.25, 0.3) is 0 Å². The molecule has 144 valence electrons. The number of benzene rings is 1. The van der Waals surface area contributed by atoms with E-state index in [0.29, 0.717) is 31.7 Å². The van der Waals surface area contributed by atoms with E-state index >= 15 is 0 Å². The molecule has 6 nitrogen and oxygen atoms in total. The van der Waals surface area contributed by atoms with E-state index in [2.05, 4.69) is 24.8 Å². The number of aryl methyl sites for hydroxylation is 1. The fourth-order valence-electron chi connectivity index (χ4n) is 3.43. The van der Waals surface area contributed by atoms with Crippen LogP contribution in [0.15, 0.2) is 24.3 Å². The van der Waals surface area contributed by atoms with Gasteiger partial charge in [-0.2, -0.15) is 0 Å². The summed E-state index contributed by atoms with van der Waals surface area (Å²) in [5, 5.41) is 11.4. The van der Waals surface area contributed by atoms with Crippen molar-refractivity contribution in [2.75, 3.05) is 0 Å². The monoisotopic (exact) mass is 380 g/mol. The molecule has 0 spiro atoms. The molecule has 1 amide bonds. The summed E-state index contributed by atoms with van der Waals surface area (Å²) in [6.45, 7) is 0.694. The second-order valence-electron chi connectivity index (χ2n) is 6.94. The molecule has 2 aromatic rings. The number of fused-ring (bicyclic) bond motifs is 1. The lowest BCUT2D eigenvalue weighted by molar-refractivity contribution is -0.274. The fourth-order valence-corrected chi connectivity index (χ4v) is 3.43. The van der Waals surface area contributed by atoms with E-state index in [-0.39, 0.29) is 11.6 Å². The number of hydrogen-bond donors (Lipinski definition) is 1. The Labute approximate surface area is 153 Å². The van der Waals surface area contributed by atoms with Gasteiger partial charge in [0.05, 0.1) is 5.56 Å². The first-order valence-corrected chi connectivity index (χ1v) is 8.98. The second kappa shape index (κ2) is 6.86. The lowest BCUT2D eigenvalue weighted by atomic mass is 10.1. The average Bonchev–Trinajstić information content (AvgIpc) is 3.40. The summed E-state index contributed by atoms with van der Waals surface area (Å²) in [6, 6.07) is 5.22. The van der Waals surface area contributed by atoms with Crippen molar-refractivity contribution in [3.05, 3.63) is 41.5 Å². The largest absolute Gasteiger partial charge is 0.573 e. The van der Waals surface area contributed by atoms with Crippen molar-refractivity contribution in [2.24, 2.45) is 0 Å². The molecule has 1 aromatic carbocycles. The van der Waals surface area contributed by atoms with Gasteiger partial charge in [-0.15, -0.1) is 23.4 Å². The minimum Gasteiger partial charge on any atom is -0.405 e. The van der Waals surface area contributed by atoms with Crippen LogP contribution in [0.5, 0.6) is 5.75 Å². The molecule has 1 unspecified atom stereocenters. The van der Waals surface area contributed by atoms with Gasteiger partial charge in [-0.05, 0) is 37.8 Å². The molecule has 1 aliphatic heterocycles. The van der Waals surface area contributed by atoms with Crippen LogP contribution < -0.4 is 10.1 Å². The Bertz CT molecular complexity index is 845. The number of rotatable bonds is 4. The third-order valence-corrected chi connectivity index (χ3v) is 4.91. The van der Waals surface area contributed by atoms with Crippen LogP contribution >= 0.6 is 0 Å². The lowest BCUT2D eigenvalue weighted by Crippen LogP contribution is -2.35. The number of hydrogen-bond acceptors (Lipinski definition) is 4. The van der Waals surface area contributed by atoms with Crippen molar-refractivity contribution in [1.29, 1.82) is 0 Å². The Hall–Kier alpha value is -2.58. The predicted molar refractivity (Wildman–Crippen MR) is 89.3 cm³/mol. The molecule has 1 saturated carbocycles. The van der Waals surface area contributed by atoms with E-state index in [1.165, 1.54) is 18.2 Å². The van der Waals surface area contributed by atoms with E-state index < -0.39 is 18.0 Å². The Kier molecular flexibility index (Phi) is 4.53. The molecule has 2 aliphatic rings. The van der Waals surface area contributed by atoms with E-state index in [9.17, 15) is 18.0 Å². The summed E-state index contributed by atoms with van der Waals surface area (Å²) in [6.07, 6.45) is -0.566. The molecule has 1 fully saturated rings. The van der Waals surface area contributed by atoms with Gasteiger partial charge < -0.3 is 14.6 Å². The summed E-state index contributed by atoms with van der Waals surface area (Å²) in [5.41, 5.74) is -0.128. The maximum atomic E-state index is 12.6. The van der Waals surface area contributed by atoms with Crippen molar-refractivity contribution < 1.29 is 22.7 Å². The van der Waals surface area contributed by atoms with Gasteiger partial charge in [-0.25, -0.2) is 0 Å². The third-order valence-electron chi connectivity index (χ3n) is 4.91. The van der Waals surface area contributed by atoms with Crippen molar-refractivity contribution in [2.45, 2.75) is 57.0 Å². The normalized spacial score (nSPS) is 19.9. The minimum absolute atomic E-state index is 0.128. The summed E-state index contributed by atoms with van der Waals surface area (Å²) >= 11 is 0. The standard InChI is InChI=1S/C18H19F3N4O2/c19-18(20,21)27-14-4-2-1-3-13(14)17(26)22-12-7-8-15-23-24-16(11-5-6-11)25(15)10-9-12/h1-4,11-12H,5-10H2,(H,22,26). The second-order valence-corrected chi connectivity index (χ2v) is 6.94. The number of alkyl halides is 3. The van der Waals surface area contributed by atoms with Crippen LogP contribution in [-0.4, -0.2) is 33.1 Å². The summed E-state index contributed by atoms with van der Waals surface area (Å²) in [7, 11) is 0. The number of nitrogens with zero attached hydrogens (tertiary/aromatic N) is 3. The molecule has 1 atom stereocenters. The molecule has 2 heterocycles. The fraction of sp³-hybridized carbons (Fsp3) is 0.500. The zero-order chi connectivity index (χ0) is 19.0. The first kappa shape index (κ1) is 17.8. The molecular formula is C18H19F3N4O2. The highest BCUT2D eigenvalue weighted by Crippen LogP contribution is 2.39. The van der Waals surface area contributed by atoms with E-state index in [1.807, 2.05) is 0 Å². The SMILES string of the molecule is O=C(NC1CCc2nnc(C3CC3)n2CC1)c1ccccc1OC(F)(F)F. The highest BCUT2D eigenvalue weighted by molar-refractivity contribution is 5.97. The number of para-hydroxylation sites is 1. The number of aromatic nitrogens is 3. The van der Waals surface area contributed by atoms with Crippen LogP contribution in [0.1, 0.15) is 53.6 Å². The third kappa shape index (κ3) is 4.06. The number of ether oxygens (including phenoxy) is 1. The van der Waals surface area contributed by atoms with Gasteiger partial charge in [0.2, 0.25) is 0 Å². The maximum Gasteiger partial charge on any atom is 0.573 e. The molecule has 4 rings (SSSR count). The topological polar surface area (TPSA) is 69.0 Å². The smallest absolute Gasteiger partial charge is 0.405 e. The molecule has 0 radical (unpaired) electrons. The van der Waals surface area contributed by atoms with E-state index in [0.717, 1.165) is 30.6 Å². The molecule has 0 saturated heterocycles. The van der Waals surface area contributed by atoms with Crippen molar-refractivity contribution >= 4 is 5.91 Å². The molecular weight excluding hydrogens is 361 g/mol. The molecule has 0 bridgehead atoms. The molecule has 27 heavy (non-hydrogen) atoms. The minimum atomic E-state index is -4.85. The van der Waals surface area contributed by atoms with E-state index in [1.54, 1.807) is 0 Å². The zero-order valence-corrected chi connectivity index (χ0v) is 14.5. The van der Waals surface area contributed by atoms with Crippen molar-refractivity contribution in [3.8, 4) is 5.75 Å². The summed E-state index contributed by atoms with van der Waals surface area (Å²) in [4.78, 5) is 12.5. The van der Waals surface area contributed by atoms with Gasteiger partial charge in [0.1, 0.15) is 17.4 Å². The first-order valence-electron chi connectivity index (χ1n) is 8.98. The van der Waals surface area contributed by atoms with Crippen LogP contribution in [0.2, 0.25) is 0 Å². The van der Waals surface area contributed by atoms with Gasteiger partial charge in [-0.1, -0.05) is 12.1 Å². The van der Waals surface area contributed by atoms with Gasteiger partial charge >= 0.3 is 6.36 Å². The van der Waals surface area contributed by atoms with Crippen LogP contribution in [-0.2, 0) is 13.0 Å². The van der Waals surface area contributed by atoms with Gasteiger partial charge in [0.15, 0.2) is 0 Å². The van der Waals surface area contributed by atoms with Crippen LogP contribution in [0.4, 0.5) is 13.2 Å². The Morgan fingerprint density at radius 3 is 2.67 bits per heavy atom. The van der Waals surface area contributed by atoms with Crippen LogP contribution in [0, 0.1) is 0 Å². The maximum absolute atomic E-state index is 12.6. The molecule has 9 heteroatoms. The molecule has 1 aliphatic carbocycles. The predicted octanol–water partition coefficient (Wildman–Crippen LogP) is 3.19. The summed E-state index contributed by atoms with van der Waals surface area (Å²) in [5.74, 6) is 1.35. The number of carbonyl (C=O) groups excluding carboxylic acids is 1. The zero-order valence-electron chi connectivity index (χ0n) is 14.5. The first-order chi connectivity index (χ1) is 12.9. The number of nitrogens with one attached hydrogen (secondary N) is 1. The highest BCUT2D eigenvalue weighted by atomic mass is 19.4. The number of amides is 1. The van der Waals surface area contributed by atoms with Crippen molar-refractivity contribution in [3.63, 3.8) is 0 Å². The lowest BCUT2D eigenvalue weighted by Gasteiger charge is -2.18. The molecule has 1 aromatic heterocycles. The average molecular weight is 380 g/mol. The van der Waals surface area contributed by atoms with Gasteiger partial charge in [0, 0.05) is 24.9 Å². The summed E-state index contributed by atoms with van der Waals surface area (Å²) < 4.78 is 43.8. The number of carbonyl (C=O) groups is 1. The van der Waals surface area contributed by atoms with E-state index in [4.69, 9.17) is 0 Å². The van der Waals surface area contributed by atoms with Gasteiger partial charge in [-0.3, -0.25) is 4.79 Å². The molecule has 1 N–H and O–H groups in total. The Morgan fingerprint density at radius 2 is 1.93 bits per heavy atom. The highest BCUT2D eigenvalue weighted by Gasteiger charge is 2.34. The number of halogens is 3.